The summed E-state index contributed by atoms with van der Waals surface area (Å²) in [4.78, 5) is 19.0. The molecule has 0 atom stereocenters. The van der Waals surface area contributed by atoms with Gasteiger partial charge in [0.15, 0.2) is 0 Å². The Bertz CT molecular complexity index is 623. The number of hydrogen-bond donors (Lipinski definition) is 2. The fraction of sp³-hybridized carbons (Fsp3) is 0.412. The van der Waals surface area contributed by atoms with Crippen LogP contribution in [0.3, 0.4) is 0 Å². The van der Waals surface area contributed by atoms with Gasteiger partial charge in [0.05, 0.1) is 5.01 Å². The highest BCUT2D eigenvalue weighted by Crippen LogP contribution is 2.14. The molecule has 0 spiro atoms. The first-order valence-corrected chi connectivity index (χ1v) is 8.89. The quantitative estimate of drug-likeness (QED) is 0.840. The maximum absolute atomic E-state index is 12.2. The molecular formula is C17H22N4OS. The topological polar surface area (TPSA) is 57.3 Å². The van der Waals surface area contributed by atoms with E-state index in [1.807, 2.05) is 23.6 Å². The summed E-state index contributed by atoms with van der Waals surface area (Å²) in [7, 11) is 0. The number of carbonyl (C=O) groups is 1. The summed E-state index contributed by atoms with van der Waals surface area (Å²) >= 11 is 1.54. The molecule has 2 aromatic rings. The molecule has 1 saturated heterocycles. The van der Waals surface area contributed by atoms with Crippen LogP contribution in [0.1, 0.15) is 21.1 Å². The molecule has 122 valence electrons. The second kappa shape index (κ2) is 8.19. The number of benzene rings is 1. The Morgan fingerprint density at radius 3 is 2.83 bits per heavy atom. The van der Waals surface area contributed by atoms with Crippen LogP contribution in [0.5, 0.6) is 0 Å². The smallest absolute Gasteiger partial charge is 0.270 e. The van der Waals surface area contributed by atoms with E-state index in [-0.39, 0.29) is 5.91 Å². The van der Waals surface area contributed by atoms with Crippen LogP contribution in [0.15, 0.2) is 35.7 Å². The molecule has 1 aromatic heterocycles. The van der Waals surface area contributed by atoms with Crippen LogP contribution in [-0.2, 0) is 6.42 Å². The molecule has 0 aliphatic carbocycles. The minimum Gasteiger partial charge on any atom is -0.349 e. The van der Waals surface area contributed by atoms with E-state index in [1.54, 1.807) is 11.3 Å². The third-order valence-electron chi connectivity index (χ3n) is 3.91. The average Bonchev–Trinajstić information content (AvgIpc) is 3.05. The van der Waals surface area contributed by atoms with Gasteiger partial charge in [-0.3, -0.25) is 9.69 Å². The average molecular weight is 330 g/mol. The molecule has 6 heteroatoms. The molecule has 1 fully saturated rings. The fourth-order valence-electron chi connectivity index (χ4n) is 2.62. The lowest BCUT2D eigenvalue weighted by molar-refractivity contribution is 0.0943. The van der Waals surface area contributed by atoms with E-state index in [0.29, 0.717) is 12.2 Å². The Kier molecular flexibility index (Phi) is 5.74. The molecular weight excluding hydrogens is 308 g/mol. The van der Waals surface area contributed by atoms with Crippen molar-refractivity contribution >= 4 is 17.2 Å². The Labute approximate surface area is 140 Å². The van der Waals surface area contributed by atoms with Crippen molar-refractivity contribution in [2.45, 2.75) is 6.42 Å². The number of carbonyl (C=O) groups excluding carboxylic acids is 1. The van der Waals surface area contributed by atoms with Crippen LogP contribution in [0, 0.1) is 0 Å². The minimum atomic E-state index is -0.0734. The van der Waals surface area contributed by atoms with Crippen LogP contribution in [0.4, 0.5) is 0 Å². The van der Waals surface area contributed by atoms with Gasteiger partial charge >= 0.3 is 0 Å². The normalized spacial score (nSPS) is 15.5. The predicted molar refractivity (Wildman–Crippen MR) is 93.0 cm³/mol. The number of nitrogens with one attached hydrogen (secondary N) is 2. The third kappa shape index (κ3) is 4.86. The van der Waals surface area contributed by atoms with Gasteiger partial charge in [-0.1, -0.05) is 30.3 Å². The molecule has 0 unspecified atom stereocenters. The molecule has 1 aliphatic rings. The van der Waals surface area contributed by atoms with Crippen LogP contribution < -0.4 is 10.6 Å². The van der Waals surface area contributed by atoms with Crippen molar-refractivity contribution in [1.82, 2.24) is 20.5 Å². The Morgan fingerprint density at radius 2 is 2.04 bits per heavy atom. The fourth-order valence-corrected chi connectivity index (χ4v) is 3.43. The minimum absolute atomic E-state index is 0.0734. The lowest BCUT2D eigenvalue weighted by Gasteiger charge is -2.26. The summed E-state index contributed by atoms with van der Waals surface area (Å²) in [6, 6.07) is 10.2. The van der Waals surface area contributed by atoms with Crippen molar-refractivity contribution in [2.75, 3.05) is 39.3 Å². The molecule has 2 heterocycles. The number of nitrogens with zero attached hydrogens (tertiary/aromatic N) is 2. The summed E-state index contributed by atoms with van der Waals surface area (Å²) in [6.07, 6.45) is 0.777. The molecule has 5 nitrogen and oxygen atoms in total. The van der Waals surface area contributed by atoms with Crippen LogP contribution in [-0.4, -0.2) is 55.1 Å². The van der Waals surface area contributed by atoms with E-state index in [9.17, 15) is 4.79 Å². The van der Waals surface area contributed by atoms with Crippen LogP contribution >= 0.6 is 11.3 Å². The van der Waals surface area contributed by atoms with Crippen molar-refractivity contribution < 1.29 is 4.79 Å². The lowest BCUT2D eigenvalue weighted by Crippen LogP contribution is -2.46. The molecule has 1 aliphatic heterocycles. The first-order valence-electron chi connectivity index (χ1n) is 8.01. The highest BCUT2D eigenvalue weighted by Gasteiger charge is 2.12. The maximum Gasteiger partial charge on any atom is 0.270 e. The van der Waals surface area contributed by atoms with Gasteiger partial charge in [0, 0.05) is 51.1 Å². The number of hydrogen-bond acceptors (Lipinski definition) is 5. The molecule has 0 saturated carbocycles. The van der Waals surface area contributed by atoms with Gasteiger partial charge in [-0.05, 0) is 5.56 Å². The summed E-state index contributed by atoms with van der Waals surface area (Å²) in [5.41, 5.74) is 1.74. The zero-order valence-corrected chi connectivity index (χ0v) is 13.9. The number of piperazine rings is 1. The summed E-state index contributed by atoms with van der Waals surface area (Å²) in [5, 5.41) is 9.11. The number of amides is 1. The molecule has 1 aromatic carbocycles. The summed E-state index contributed by atoms with van der Waals surface area (Å²) in [5.74, 6) is -0.0734. The molecule has 23 heavy (non-hydrogen) atoms. The van der Waals surface area contributed by atoms with Crippen molar-refractivity contribution in [1.29, 1.82) is 0 Å². The van der Waals surface area contributed by atoms with Gasteiger partial charge in [0.2, 0.25) is 0 Å². The van der Waals surface area contributed by atoms with Crippen molar-refractivity contribution in [3.63, 3.8) is 0 Å². The Morgan fingerprint density at radius 1 is 1.26 bits per heavy atom. The van der Waals surface area contributed by atoms with Gasteiger partial charge < -0.3 is 10.6 Å². The predicted octanol–water partition coefficient (Wildman–Crippen LogP) is 1.37. The van der Waals surface area contributed by atoms with Gasteiger partial charge in [0.25, 0.3) is 5.91 Å². The third-order valence-corrected chi connectivity index (χ3v) is 4.75. The second-order valence-electron chi connectivity index (χ2n) is 5.64. The maximum atomic E-state index is 12.2. The van der Waals surface area contributed by atoms with E-state index in [0.717, 1.165) is 44.2 Å². The molecule has 3 rings (SSSR count). The standard InChI is InChI=1S/C17H22N4OS/c22-17(19-8-11-21-9-6-18-7-10-21)15-13-23-16(20-15)12-14-4-2-1-3-5-14/h1-5,13,18H,6-12H2,(H,19,22). The Balaban J connectivity index is 1.46. The zero-order chi connectivity index (χ0) is 15.9. The van der Waals surface area contributed by atoms with E-state index < -0.39 is 0 Å². The number of aromatic nitrogens is 1. The number of thiazole rings is 1. The molecule has 0 radical (unpaired) electrons. The van der Waals surface area contributed by atoms with Gasteiger partial charge in [-0.15, -0.1) is 11.3 Å². The molecule has 1 amide bonds. The summed E-state index contributed by atoms with van der Waals surface area (Å²) in [6.45, 7) is 5.73. The number of rotatable bonds is 6. The van der Waals surface area contributed by atoms with E-state index in [4.69, 9.17) is 0 Å². The van der Waals surface area contributed by atoms with Gasteiger partial charge in [-0.25, -0.2) is 4.98 Å². The Hall–Kier alpha value is -1.76. The van der Waals surface area contributed by atoms with Crippen molar-refractivity contribution in [2.24, 2.45) is 0 Å². The van der Waals surface area contributed by atoms with E-state index in [2.05, 4.69) is 32.7 Å². The first-order chi connectivity index (χ1) is 11.3. The second-order valence-corrected chi connectivity index (χ2v) is 6.58. The summed E-state index contributed by atoms with van der Waals surface area (Å²) < 4.78 is 0. The monoisotopic (exact) mass is 330 g/mol. The van der Waals surface area contributed by atoms with Crippen molar-refractivity contribution in [3.05, 3.63) is 52.0 Å². The first kappa shape index (κ1) is 16.1. The zero-order valence-electron chi connectivity index (χ0n) is 13.1. The molecule has 0 bridgehead atoms. The lowest BCUT2D eigenvalue weighted by atomic mass is 10.2. The molecule has 2 N–H and O–H groups in total. The van der Waals surface area contributed by atoms with Gasteiger partial charge in [-0.2, -0.15) is 0 Å². The van der Waals surface area contributed by atoms with E-state index >= 15 is 0 Å². The SMILES string of the molecule is O=C(NCCN1CCNCC1)c1csc(Cc2ccccc2)n1. The largest absolute Gasteiger partial charge is 0.349 e. The van der Waals surface area contributed by atoms with E-state index in [1.165, 1.54) is 5.56 Å². The highest BCUT2D eigenvalue weighted by atomic mass is 32.1. The van der Waals surface area contributed by atoms with Crippen LogP contribution in [0.25, 0.3) is 0 Å². The van der Waals surface area contributed by atoms with Crippen LogP contribution in [0.2, 0.25) is 0 Å². The highest BCUT2D eigenvalue weighted by molar-refractivity contribution is 7.09. The van der Waals surface area contributed by atoms with Crippen molar-refractivity contribution in [3.8, 4) is 0 Å². The van der Waals surface area contributed by atoms with Gasteiger partial charge in [0.1, 0.15) is 5.69 Å².